The maximum atomic E-state index is 14.0. The number of hydrogen-bond donors (Lipinski definition) is 1. The van der Waals surface area contributed by atoms with Crippen LogP contribution in [-0.4, -0.2) is 119 Å². The topological polar surface area (TPSA) is 105 Å². The van der Waals surface area contributed by atoms with E-state index in [0.29, 0.717) is 43.3 Å². The lowest BCUT2D eigenvalue weighted by atomic mass is 9.43. The van der Waals surface area contributed by atoms with Crippen molar-refractivity contribution in [3.05, 3.63) is 29.8 Å². The Morgan fingerprint density at radius 1 is 1.00 bits per heavy atom. The molecular weight excluding hydrogens is 614 g/mol. The third kappa shape index (κ3) is 4.45. The zero-order valence-corrected chi connectivity index (χ0v) is 30.1. The molecule has 1 aromatic rings. The molecule has 5 aliphatic carbocycles. The maximum Gasteiger partial charge on any atom is 0.338 e. The minimum atomic E-state index is -1.40. The van der Waals surface area contributed by atoms with E-state index in [2.05, 4.69) is 25.7 Å². The molecule has 10 nitrogen and oxygen atoms in total. The van der Waals surface area contributed by atoms with Crippen molar-refractivity contribution < 1.29 is 43.1 Å². The van der Waals surface area contributed by atoms with Gasteiger partial charge in [-0.2, -0.15) is 0 Å². The molecule has 1 N–H and O–H groups in total. The third-order valence-electron chi connectivity index (χ3n) is 14.0. The maximum absolute atomic E-state index is 14.0. The van der Waals surface area contributed by atoms with E-state index in [0.717, 1.165) is 32.4 Å². The van der Waals surface area contributed by atoms with Crippen LogP contribution in [0, 0.1) is 40.4 Å². The summed E-state index contributed by atoms with van der Waals surface area (Å²) in [7, 11) is 8.78. The van der Waals surface area contributed by atoms with Crippen LogP contribution in [0.25, 0.3) is 0 Å². The minimum absolute atomic E-state index is 0.0576. The summed E-state index contributed by atoms with van der Waals surface area (Å²) in [6, 6.07) is 7.05. The van der Waals surface area contributed by atoms with Crippen LogP contribution < -0.4 is 4.74 Å². The molecule has 1 aromatic carbocycles. The van der Waals surface area contributed by atoms with Gasteiger partial charge in [-0.25, -0.2) is 4.79 Å². The van der Waals surface area contributed by atoms with Crippen molar-refractivity contribution >= 4 is 5.97 Å². The number of fused-ring (bicyclic) bond motifs is 2. The first-order chi connectivity index (χ1) is 23.1. The average molecular weight is 672 g/mol. The number of benzene rings is 1. The van der Waals surface area contributed by atoms with E-state index in [-0.39, 0.29) is 52.8 Å². The number of ether oxygens (including phenoxy) is 7. The Labute approximate surface area is 286 Å². The Hall–Kier alpha value is -1.79. The van der Waals surface area contributed by atoms with Gasteiger partial charge < -0.3 is 38.3 Å². The lowest BCUT2D eigenvalue weighted by molar-refractivity contribution is -0.294. The van der Waals surface area contributed by atoms with Crippen LogP contribution in [0.2, 0.25) is 0 Å². The van der Waals surface area contributed by atoms with Crippen LogP contribution in [0.3, 0.4) is 0 Å². The van der Waals surface area contributed by atoms with Crippen molar-refractivity contribution in [3.63, 3.8) is 0 Å². The SMILES string of the molecule is CCN1C[C@]2(COC)CC[C@H](OC)[C@@]34[C@@H]5C[C@]6(O)[C@@H](OC)C[C@@](OCCC(C)C)([C@H]5[C@H]6OC(=O)c5ccc(OC)cc5)[C@@H]([C@H](OC)[C@H]23)[C@@H]14. The van der Waals surface area contributed by atoms with E-state index in [9.17, 15) is 9.90 Å². The number of carbonyl (C=O) groups excluding carboxylic acids is 1. The first-order valence-corrected chi connectivity index (χ1v) is 18.1. The fourth-order valence-corrected chi connectivity index (χ4v) is 12.7. The van der Waals surface area contributed by atoms with Crippen molar-refractivity contribution in [2.75, 3.05) is 61.9 Å². The molecule has 7 rings (SSSR count). The van der Waals surface area contributed by atoms with Crippen LogP contribution in [0.5, 0.6) is 5.75 Å². The summed E-state index contributed by atoms with van der Waals surface area (Å²) in [4.78, 5) is 16.7. The molecule has 1 aliphatic heterocycles. The first-order valence-electron chi connectivity index (χ1n) is 18.1. The van der Waals surface area contributed by atoms with Gasteiger partial charge in [-0.3, -0.25) is 4.90 Å². The van der Waals surface area contributed by atoms with Gasteiger partial charge in [0, 0.05) is 82.6 Å². The summed E-state index contributed by atoms with van der Waals surface area (Å²) >= 11 is 0. The Morgan fingerprint density at radius 3 is 2.33 bits per heavy atom. The number of aliphatic hydroxyl groups is 1. The highest BCUT2D eigenvalue weighted by atomic mass is 16.6. The lowest BCUT2D eigenvalue weighted by Crippen LogP contribution is -2.77. The summed E-state index contributed by atoms with van der Waals surface area (Å²) in [6.45, 7) is 9.68. The number of carbonyl (C=O) groups is 1. The Kier molecular flexibility index (Phi) is 9.00. The standard InChI is InChI=1S/C38H57NO9/c1-9-39-20-35(21-42-4)16-14-26(44-6)38-25-18-36(41)27(45-7)19-37(47-17-15-22(2)3,29(32(38)39)30(46-8)31(35)38)28(25)33(36)48-34(40)23-10-12-24(43-5)13-11-23/h10-13,22,25-33,41H,9,14-21H2,1-8H3/t25-,26+,27+,28-,29+,30+,31-,32-,33-,35+,36+,37-,38+/m1/s1. The molecule has 13 atom stereocenters. The number of nitrogens with zero attached hydrogens (tertiary/aromatic N) is 1. The molecule has 48 heavy (non-hydrogen) atoms. The number of piperidine rings is 1. The van der Waals surface area contributed by atoms with E-state index in [1.807, 2.05) is 21.3 Å². The molecule has 0 aromatic heterocycles. The zero-order chi connectivity index (χ0) is 34.2. The van der Waals surface area contributed by atoms with Gasteiger partial charge in [0.25, 0.3) is 0 Å². The number of rotatable bonds is 13. The fourth-order valence-electron chi connectivity index (χ4n) is 12.7. The second kappa shape index (κ2) is 12.5. The van der Waals surface area contributed by atoms with Crippen molar-refractivity contribution in [3.8, 4) is 5.75 Å². The molecule has 6 fully saturated rings. The summed E-state index contributed by atoms with van der Waals surface area (Å²) < 4.78 is 45.0. The van der Waals surface area contributed by atoms with Gasteiger partial charge in [0.15, 0.2) is 0 Å². The molecule has 0 amide bonds. The van der Waals surface area contributed by atoms with Crippen LogP contribution in [0.1, 0.15) is 63.2 Å². The van der Waals surface area contributed by atoms with Gasteiger partial charge in [-0.05, 0) is 68.3 Å². The summed E-state index contributed by atoms with van der Waals surface area (Å²) in [5.41, 5.74) is -2.28. The normalized spacial score (nSPS) is 45.4. The van der Waals surface area contributed by atoms with Gasteiger partial charge in [0.05, 0.1) is 43.2 Å². The van der Waals surface area contributed by atoms with E-state index in [4.69, 9.17) is 33.2 Å². The highest BCUT2D eigenvalue weighted by Gasteiger charge is 2.89. The predicted molar refractivity (Wildman–Crippen MR) is 178 cm³/mol. The fraction of sp³-hybridized carbons (Fsp3) is 0.816. The average Bonchev–Trinajstić information content (AvgIpc) is 3.45. The first kappa shape index (κ1) is 34.6. The van der Waals surface area contributed by atoms with Crippen molar-refractivity contribution in [2.24, 2.45) is 40.4 Å². The lowest BCUT2D eigenvalue weighted by Gasteiger charge is -2.69. The highest BCUT2D eigenvalue weighted by molar-refractivity contribution is 5.89. The smallest absolute Gasteiger partial charge is 0.338 e. The number of likely N-dealkylation sites (tertiary alicyclic amines) is 1. The second-order valence-electron chi connectivity index (χ2n) is 16.1. The van der Waals surface area contributed by atoms with Crippen LogP contribution in [0.4, 0.5) is 0 Å². The van der Waals surface area contributed by atoms with E-state index >= 15 is 0 Å². The monoisotopic (exact) mass is 671 g/mol. The molecule has 6 aliphatic rings. The Balaban J connectivity index is 1.44. The second-order valence-corrected chi connectivity index (χ2v) is 16.1. The molecule has 268 valence electrons. The summed E-state index contributed by atoms with van der Waals surface area (Å²) in [5.74, 6) is 0.354. The molecule has 0 radical (unpaired) electrons. The third-order valence-corrected chi connectivity index (χ3v) is 14.0. The molecule has 7 bridgehead atoms. The molecule has 1 spiro atoms. The van der Waals surface area contributed by atoms with E-state index in [1.54, 1.807) is 38.5 Å². The molecule has 1 saturated heterocycles. The van der Waals surface area contributed by atoms with Gasteiger partial charge >= 0.3 is 5.97 Å². The van der Waals surface area contributed by atoms with Crippen molar-refractivity contribution in [2.45, 2.75) is 94.5 Å². The van der Waals surface area contributed by atoms with Gasteiger partial charge in [-0.1, -0.05) is 20.8 Å². The predicted octanol–water partition coefficient (Wildman–Crippen LogP) is 4.21. The van der Waals surface area contributed by atoms with Gasteiger partial charge in [0.2, 0.25) is 0 Å². The Bertz CT molecular complexity index is 1340. The van der Waals surface area contributed by atoms with E-state index < -0.39 is 29.4 Å². The van der Waals surface area contributed by atoms with Gasteiger partial charge in [0.1, 0.15) is 17.5 Å². The van der Waals surface area contributed by atoms with Crippen LogP contribution in [-0.2, 0) is 28.4 Å². The molecule has 1 heterocycles. The summed E-state index contributed by atoms with van der Waals surface area (Å²) in [6.07, 6.45) is 2.09. The quantitative estimate of drug-likeness (QED) is 0.307. The molecular formula is C38H57NO9. The minimum Gasteiger partial charge on any atom is -0.497 e. The number of methoxy groups -OCH3 is 5. The largest absolute Gasteiger partial charge is 0.497 e. The van der Waals surface area contributed by atoms with Crippen molar-refractivity contribution in [1.29, 1.82) is 0 Å². The molecule has 0 unspecified atom stereocenters. The molecule has 5 saturated carbocycles. The molecule has 10 heteroatoms. The highest BCUT2D eigenvalue weighted by Crippen LogP contribution is 2.80. The van der Waals surface area contributed by atoms with Crippen molar-refractivity contribution in [1.82, 2.24) is 4.90 Å². The number of esters is 1. The Morgan fingerprint density at radius 2 is 1.73 bits per heavy atom. The van der Waals surface area contributed by atoms with Crippen LogP contribution >= 0.6 is 0 Å². The van der Waals surface area contributed by atoms with Crippen LogP contribution in [0.15, 0.2) is 24.3 Å². The van der Waals surface area contributed by atoms with E-state index in [1.165, 1.54) is 0 Å². The van der Waals surface area contributed by atoms with Gasteiger partial charge in [-0.15, -0.1) is 0 Å². The summed E-state index contributed by atoms with van der Waals surface area (Å²) in [5, 5.41) is 13.0. The zero-order valence-electron chi connectivity index (χ0n) is 30.1. The number of hydrogen-bond acceptors (Lipinski definition) is 10.